The SMILES string of the molecule is c1ccc(-c2nc(-c3ccccc3)nc(-c3cccc4c3sc3cc5c(cc34)c3ccccc3n5-c3ccccc3)n2)cc1.c1ccc(-c2nc(-c3ccccc3)nc(-n3c4ccccc4c4c5sc6ccccc6c5ccc43)n2)cc1.c1ccc(-c2nc(-c3ccccc3)nc(-n3c4ccccc4c4cc5c(cc43)c3ccccc3n5-c3ccccc3)n2)cc1. The highest BCUT2D eigenvalue weighted by atomic mass is 32.1. The van der Waals surface area contributed by atoms with E-state index in [4.69, 9.17) is 44.9 Å². The van der Waals surface area contributed by atoms with Gasteiger partial charge in [-0.3, -0.25) is 9.13 Å². The molecule has 126 heavy (non-hydrogen) atoms. The van der Waals surface area contributed by atoms with Crippen LogP contribution in [0.25, 0.3) is 231 Å². The average molecular weight is 1650 g/mol. The standard InChI is InChI=1S/C39H25N5.C39H24N4S.C33H20N4S/c1-4-14-26(15-5-1)37-40-38(27-16-6-2-7-17-27)42-39(41-37)44-34-23-13-11-21-30(34)32-24-35-31(25-36(32)44)29-20-10-12-22-33(29)43(35)28-18-8-3-9-19-28;1-4-13-25(14-5-1)37-40-38(26-15-6-2-7-16-26)42-39(41-37)30-21-12-20-29-32-23-31-28-19-10-11-22-33(28)43(27-17-8-3-9-18-27)34(31)24-35(32)44-36(29)30;1-3-11-21(12-4-1)31-34-32(22-13-5-2-6-14-22)36-33(35-31)37-26-17-9-7-16-25(26)29-27(37)20-19-24-23-15-8-10-18-28(23)38-30(24)29/h1-25H;1-24H;1-20H. The fraction of sp³-hybridized carbons (Fsp3) is 0. The van der Waals surface area contributed by atoms with E-state index in [0.717, 1.165) is 83.2 Å². The summed E-state index contributed by atoms with van der Waals surface area (Å²) in [6, 6.07) is 145. The second-order valence-corrected chi connectivity index (χ2v) is 33.2. The second kappa shape index (κ2) is 30.8. The van der Waals surface area contributed by atoms with E-state index in [1.54, 1.807) is 11.3 Å². The van der Waals surface area contributed by atoms with Gasteiger partial charge >= 0.3 is 0 Å². The summed E-state index contributed by atoms with van der Waals surface area (Å²) < 4.78 is 14.1. The number of aromatic nitrogens is 13. The molecule has 26 rings (SSSR count). The third-order valence-corrected chi connectivity index (χ3v) is 26.1. The molecule has 0 spiro atoms. The zero-order valence-electron chi connectivity index (χ0n) is 67.5. The van der Waals surface area contributed by atoms with Crippen LogP contribution < -0.4 is 0 Å². The monoisotopic (exact) mass is 1650 g/mol. The molecule has 0 radical (unpaired) electrons. The Morgan fingerprint density at radius 3 is 0.921 bits per heavy atom. The first kappa shape index (κ1) is 73.3. The molecule has 13 nitrogen and oxygen atoms in total. The molecule has 0 saturated carbocycles. The van der Waals surface area contributed by atoms with Crippen molar-refractivity contribution in [3.05, 3.63) is 419 Å². The van der Waals surface area contributed by atoms with Crippen LogP contribution in [0, 0.1) is 0 Å². The molecular formula is C111H69N13S2. The maximum absolute atomic E-state index is 5.10. The number of para-hydroxylation sites is 6. The van der Waals surface area contributed by atoms with Crippen LogP contribution in [0.5, 0.6) is 0 Å². The summed E-state index contributed by atoms with van der Waals surface area (Å²) in [5.74, 6) is 5.82. The molecule has 0 aliphatic heterocycles. The van der Waals surface area contributed by atoms with Gasteiger partial charge in [0.25, 0.3) is 0 Å². The van der Waals surface area contributed by atoms with E-state index < -0.39 is 0 Å². The molecule has 0 unspecified atom stereocenters. The maximum atomic E-state index is 5.10. The number of hydrogen-bond donors (Lipinski definition) is 0. The first-order chi connectivity index (χ1) is 62.5. The smallest absolute Gasteiger partial charge is 0.238 e. The van der Waals surface area contributed by atoms with Crippen LogP contribution in [0.15, 0.2) is 419 Å². The van der Waals surface area contributed by atoms with Crippen molar-refractivity contribution in [3.8, 4) is 103 Å². The second-order valence-electron chi connectivity index (χ2n) is 31.1. The predicted octanol–water partition coefficient (Wildman–Crippen LogP) is 28.4. The van der Waals surface area contributed by atoms with Crippen LogP contribution in [0.4, 0.5) is 0 Å². The highest BCUT2D eigenvalue weighted by molar-refractivity contribution is 7.27. The Balaban J connectivity index is 0.000000106. The molecule has 15 heteroatoms. The fourth-order valence-electron chi connectivity index (χ4n) is 18.0. The lowest BCUT2D eigenvalue weighted by molar-refractivity contribution is 0.953. The van der Waals surface area contributed by atoms with Gasteiger partial charge in [0.1, 0.15) is 0 Å². The largest absolute Gasteiger partial charge is 0.309 e. The lowest BCUT2D eigenvalue weighted by atomic mass is 10.1. The van der Waals surface area contributed by atoms with Gasteiger partial charge in [0.15, 0.2) is 40.8 Å². The lowest BCUT2D eigenvalue weighted by Crippen LogP contribution is -2.06. The van der Waals surface area contributed by atoms with Crippen molar-refractivity contribution in [1.82, 2.24) is 63.1 Å². The van der Waals surface area contributed by atoms with Crippen molar-refractivity contribution in [2.24, 2.45) is 0 Å². The first-order valence-corrected chi connectivity index (χ1v) is 43.5. The molecule has 9 heterocycles. The molecule has 26 aromatic rings. The van der Waals surface area contributed by atoms with Crippen molar-refractivity contribution in [3.63, 3.8) is 0 Å². The minimum Gasteiger partial charge on any atom is -0.309 e. The Kier molecular flexibility index (Phi) is 17.9. The quantitative estimate of drug-likeness (QED) is 0.124. The van der Waals surface area contributed by atoms with Gasteiger partial charge in [0, 0.05) is 134 Å². The fourth-order valence-corrected chi connectivity index (χ4v) is 20.5. The van der Waals surface area contributed by atoms with Crippen molar-refractivity contribution in [2.75, 3.05) is 0 Å². The van der Waals surface area contributed by atoms with Gasteiger partial charge in [0.05, 0.1) is 44.1 Å². The van der Waals surface area contributed by atoms with E-state index in [-0.39, 0.29) is 0 Å². The van der Waals surface area contributed by atoms with Gasteiger partial charge in [-0.2, -0.15) is 19.9 Å². The molecule has 0 fully saturated rings. The molecule has 17 aromatic carbocycles. The average Bonchev–Trinajstić information content (AvgIpc) is 1.60. The Hall–Kier alpha value is -16.6. The normalized spacial score (nSPS) is 11.7. The Morgan fingerprint density at radius 2 is 0.476 bits per heavy atom. The Bertz CT molecular complexity index is 8520. The predicted molar refractivity (Wildman–Crippen MR) is 521 cm³/mol. The number of nitrogens with zero attached hydrogens (tertiary/aromatic N) is 13. The van der Waals surface area contributed by atoms with Gasteiger partial charge in [-0.1, -0.05) is 328 Å². The summed E-state index contributed by atoms with van der Waals surface area (Å²) in [5.41, 5.74) is 18.1. The van der Waals surface area contributed by atoms with Crippen LogP contribution in [-0.4, -0.2) is 63.1 Å². The summed E-state index contributed by atoms with van der Waals surface area (Å²) in [6.07, 6.45) is 0. The first-order valence-electron chi connectivity index (χ1n) is 41.9. The zero-order valence-corrected chi connectivity index (χ0v) is 69.1. The van der Waals surface area contributed by atoms with Crippen molar-refractivity contribution in [2.45, 2.75) is 0 Å². The third kappa shape index (κ3) is 12.7. The van der Waals surface area contributed by atoms with Gasteiger partial charge in [-0.25, -0.2) is 24.9 Å². The van der Waals surface area contributed by atoms with Crippen LogP contribution in [0.3, 0.4) is 0 Å². The van der Waals surface area contributed by atoms with E-state index in [2.05, 4.69) is 255 Å². The number of benzene rings is 17. The summed E-state index contributed by atoms with van der Waals surface area (Å²) in [5, 5.41) is 14.7. The number of thiophene rings is 2. The molecule has 0 aliphatic rings. The summed E-state index contributed by atoms with van der Waals surface area (Å²) in [7, 11) is 0. The Morgan fingerprint density at radius 1 is 0.167 bits per heavy atom. The van der Waals surface area contributed by atoms with Crippen LogP contribution >= 0.6 is 22.7 Å². The third-order valence-electron chi connectivity index (χ3n) is 23.7. The van der Waals surface area contributed by atoms with E-state index in [1.165, 1.54) is 94.7 Å². The van der Waals surface area contributed by atoms with Crippen molar-refractivity contribution >= 4 is 150 Å². The van der Waals surface area contributed by atoms with Crippen molar-refractivity contribution < 1.29 is 0 Å². The molecule has 0 bridgehead atoms. The molecule has 9 aromatic heterocycles. The summed E-state index contributed by atoms with van der Waals surface area (Å²) in [4.78, 5) is 45.1. The molecule has 590 valence electrons. The minimum absolute atomic E-state index is 0.593. The minimum atomic E-state index is 0.593. The van der Waals surface area contributed by atoms with Gasteiger partial charge in [-0.05, 0) is 91.0 Å². The van der Waals surface area contributed by atoms with E-state index in [0.29, 0.717) is 52.7 Å². The summed E-state index contributed by atoms with van der Waals surface area (Å²) in [6.45, 7) is 0. The number of rotatable bonds is 11. The number of fused-ring (bicyclic) bond motifs is 19. The topological polar surface area (TPSA) is 136 Å². The van der Waals surface area contributed by atoms with Crippen LogP contribution in [0.1, 0.15) is 0 Å². The summed E-state index contributed by atoms with van der Waals surface area (Å²) >= 11 is 3.65. The van der Waals surface area contributed by atoms with Crippen LogP contribution in [-0.2, 0) is 0 Å². The number of hydrogen-bond acceptors (Lipinski definition) is 11. The molecule has 0 N–H and O–H groups in total. The Labute approximate surface area is 729 Å². The van der Waals surface area contributed by atoms with Gasteiger partial charge < -0.3 is 9.13 Å². The van der Waals surface area contributed by atoms with Crippen LogP contribution in [0.2, 0.25) is 0 Å². The highest BCUT2D eigenvalue weighted by Gasteiger charge is 2.26. The van der Waals surface area contributed by atoms with E-state index >= 15 is 0 Å². The van der Waals surface area contributed by atoms with E-state index in [1.807, 2.05) is 193 Å². The van der Waals surface area contributed by atoms with Crippen molar-refractivity contribution in [1.29, 1.82) is 0 Å². The molecule has 0 amide bonds. The van der Waals surface area contributed by atoms with E-state index in [9.17, 15) is 0 Å². The van der Waals surface area contributed by atoms with Gasteiger partial charge in [-0.15, -0.1) is 22.7 Å². The lowest BCUT2D eigenvalue weighted by Gasteiger charge is -2.11. The van der Waals surface area contributed by atoms with Gasteiger partial charge in [0.2, 0.25) is 11.9 Å². The zero-order chi connectivity index (χ0) is 83.1. The highest BCUT2D eigenvalue weighted by Crippen LogP contribution is 2.47. The maximum Gasteiger partial charge on any atom is 0.238 e. The molecule has 0 aliphatic carbocycles. The molecular weight excluding hydrogens is 1580 g/mol. The molecule has 0 atom stereocenters. The molecule has 0 saturated heterocycles.